The van der Waals surface area contributed by atoms with E-state index in [4.69, 9.17) is 0 Å². The van der Waals surface area contributed by atoms with Crippen molar-refractivity contribution in [2.45, 2.75) is 45.6 Å². The largest absolute Gasteiger partial charge is 0.348 e. The van der Waals surface area contributed by atoms with Crippen molar-refractivity contribution < 1.29 is 4.79 Å². The number of likely N-dealkylation sites (tertiary alicyclic amines) is 1. The SMILES string of the molecule is CCN1CCCC(NC(=O)c2ccc(C(C)C)cc2)C1. The molecule has 1 aliphatic rings. The van der Waals surface area contributed by atoms with E-state index in [9.17, 15) is 4.79 Å². The van der Waals surface area contributed by atoms with Crippen molar-refractivity contribution in [1.29, 1.82) is 0 Å². The number of carbonyl (C=O) groups is 1. The van der Waals surface area contributed by atoms with Gasteiger partial charge in [0, 0.05) is 18.2 Å². The van der Waals surface area contributed by atoms with Gasteiger partial charge in [-0.3, -0.25) is 4.79 Å². The summed E-state index contributed by atoms with van der Waals surface area (Å²) in [6, 6.07) is 8.27. The number of rotatable bonds is 4. The molecular weight excluding hydrogens is 248 g/mol. The third-order valence-corrected chi connectivity index (χ3v) is 4.13. The number of hydrogen-bond acceptors (Lipinski definition) is 2. The zero-order chi connectivity index (χ0) is 14.5. The monoisotopic (exact) mass is 274 g/mol. The molecule has 2 rings (SSSR count). The Morgan fingerprint density at radius 2 is 2.05 bits per heavy atom. The number of likely N-dealkylation sites (N-methyl/N-ethyl adjacent to an activating group) is 1. The van der Waals surface area contributed by atoms with Crippen molar-refractivity contribution in [3.8, 4) is 0 Å². The van der Waals surface area contributed by atoms with Gasteiger partial charge in [0.15, 0.2) is 0 Å². The molecule has 20 heavy (non-hydrogen) atoms. The highest BCUT2D eigenvalue weighted by Crippen LogP contribution is 2.15. The topological polar surface area (TPSA) is 32.3 Å². The second-order valence-electron chi connectivity index (χ2n) is 5.98. The van der Waals surface area contributed by atoms with E-state index in [1.165, 1.54) is 12.0 Å². The van der Waals surface area contributed by atoms with E-state index < -0.39 is 0 Å². The maximum Gasteiger partial charge on any atom is 0.251 e. The van der Waals surface area contributed by atoms with Crippen LogP contribution in [0.25, 0.3) is 0 Å². The van der Waals surface area contributed by atoms with Gasteiger partial charge >= 0.3 is 0 Å². The molecule has 0 saturated carbocycles. The van der Waals surface area contributed by atoms with Crippen molar-refractivity contribution in [3.63, 3.8) is 0 Å². The minimum Gasteiger partial charge on any atom is -0.348 e. The van der Waals surface area contributed by atoms with E-state index in [-0.39, 0.29) is 5.91 Å². The predicted octanol–water partition coefficient (Wildman–Crippen LogP) is 3.02. The maximum atomic E-state index is 12.3. The first-order valence-corrected chi connectivity index (χ1v) is 7.73. The minimum absolute atomic E-state index is 0.0586. The highest BCUT2D eigenvalue weighted by atomic mass is 16.1. The lowest BCUT2D eigenvalue weighted by atomic mass is 10.0. The van der Waals surface area contributed by atoms with Crippen molar-refractivity contribution in [2.75, 3.05) is 19.6 Å². The maximum absolute atomic E-state index is 12.3. The molecule has 0 aromatic heterocycles. The number of piperidine rings is 1. The van der Waals surface area contributed by atoms with Crippen LogP contribution in [-0.4, -0.2) is 36.5 Å². The number of nitrogens with zero attached hydrogens (tertiary/aromatic N) is 1. The van der Waals surface area contributed by atoms with Crippen LogP contribution >= 0.6 is 0 Å². The third kappa shape index (κ3) is 3.83. The Morgan fingerprint density at radius 1 is 1.35 bits per heavy atom. The molecule has 110 valence electrons. The molecule has 3 heteroatoms. The summed E-state index contributed by atoms with van der Waals surface area (Å²) in [6.45, 7) is 9.70. The highest BCUT2D eigenvalue weighted by molar-refractivity contribution is 5.94. The summed E-state index contributed by atoms with van der Waals surface area (Å²) in [5, 5.41) is 3.17. The van der Waals surface area contributed by atoms with Crippen LogP contribution in [0.5, 0.6) is 0 Å². The number of nitrogens with one attached hydrogen (secondary N) is 1. The Hall–Kier alpha value is -1.35. The molecule has 0 spiro atoms. The molecule has 1 aliphatic heterocycles. The molecular formula is C17H26N2O. The van der Waals surface area contributed by atoms with Crippen molar-refractivity contribution in [2.24, 2.45) is 0 Å². The molecule has 1 saturated heterocycles. The van der Waals surface area contributed by atoms with Crippen LogP contribution in [0.4, 0.5) is 0 Å². The van der Waals surface area contributed by atoms with Gasteiger partial charge in [-0.25, -0.2) is 0 Å². The smallest absolute Gasteiger partial charge is 0.251 e. The van der Waals surface area contributed by atoms with Gasteiger partial charge in [0.1, 0.15) is 0 Å². The van der Waals surface area contributed by atoms with E-state index >= 15 is 0 Å². The second kappa shape index (κ2) is 6.89. The lowest BCUT2D eigenvalue weighted by Crippen LogP contribution is -2.47. The molecule has 1 aromatic rings. The Bertz CT molecular complexity index is 439. The van der Waals surface area contributed by atoms with Crippen LogP contribution in [0.15, 0.2) is 24.3 Å². The summed E-state index contributed by atoms with van der Waals surface area (Å²) in [6.07, 6.45) is 2.26. The summed E-state index contributed by atoms with van der Waals surface area (Å²) in [7, 11) is 0. The van der Waals surface area contributed by atoms with Crippen LogP contribution in [0.3, 0.4) is 0 Å². The third-order valence-electron chi connectivity index (χ3n) is 4.13. The first-order chi connectivity index (χ1) is 9.60. The fourth-order valence-corrected chi connectivity index (χ4v) is 2.75. The molecule has 1 atom stereocenters. The fourth-order valence-electron chi connectivity index (χ4n) is 2.75. The molecule has 0 aliphatic carbocycles. The molecule has 1 aromatic carbocycles. The molecule has 0 radical (unpaired) electrons. The zero-order valence-electron chi connectivity index (χ0n) is 12.9. The molecule has 1 N–H and O–H groups in total. The van der Waals surface area contributed by atoms with Crippen LogP contribution in [-0.2, 0) is 0 Å². The van der Waals surface area contributed by atoms with Gasteiger partial charge in [-0.05, 0) is 49.5 Å². The van der Waals surface area contributed by atoms with Crippen molar-refractivity contribution in [1.82, 2.24) is 10.2 Å². The predicted molar refractivity (Wildman–Crippen MR) is 83.1 cm³/mol. The van der Waals surface area contributed by atoms with Gasteiger partial charge < -0.3 is 10.2 Å². The van der Waals surface area contributed by atoms with Crippen LogP contribution in [0.1, 0.15) is 55.5 Å². The summed E-state index contributed by atoms with van der Waals surface area (Å²) < 4.78 is 0. The number of hydrogen-bond donors (Lipinski definition) is 1. The van der Waals surface area contributed by atoms with Crippen LogP contribution in [0, 0.1) is 0 Å². The van der Waals surface area contributed by atoms with E-state index in [2.05, 4.69) is 43.1 Å². The lowest BCUT2D eigenvalue weighted by molar-refractivity contribution is 0.0906. The standard InChI is InChI=1S/C17H26N2O/c1-4-19-11-5-6-16(12-19)18-17(20)15-9-7-14(8-10-15)13(2)3/h7-10,13,16H,4-6,11-12H2,1-3H3,(H,18,20). The van der Waals surface area contributed by atoms with Gasteiger partial charge in [-0.1, -0.05) is 32.9 Å². The van der Waals surface area contributed by atoms with E-state index in [0.29, 0.717) is 12.0 Å². The van der Waals surface area contributed by atoms with Gasteiger partial charge in [-0.2, -0.15) is 0 Å². The van der Waals surface area contributed by atoms with Gasteiger partial charge in [0.05, 0.1) is 0 Å². The molecule has 1 fully saturated rings. The van der Waals surface area contributed by atoms with Gasteiger partial charge in [0.25, 0.3) is 5.91 Å². The lowest BCUT2D eigenvalue weighted by Gasteiger charge is -2.32. The molecule has 0 bridgehead atoms. The average molecular weight is 274 g/mol. The fraction of sp³-hybridized carbons (Fsp3) is 0.588. The van der Waals surface area contributed by atoms with Crippen LogP contribution in [0.2, 0.25) is 0 Å². The molecule has 1 amide bonds. The van der Waals surface area contributed by atoms with Crippen molar-refractivity contribution >= 4 is 5.91 Å². The molecule has 1 unspecified atom stereocenters. The second-order valence-corrected chi connectivity index (χ2v) is 5.98. The normalized spacial score (nSPS) is 20.1. The highest BCUT2D eigenvalue weighted by Gasteiger charge is 2.20. The summed E-state index contributed by atoms with van der Waals surface area (Å²) in [5.74, 6) is 0.562. The summed E-state index contributed by atoms with van der Waals surface area (Å²) >= 11 is 0. The first-order valence-electron chi connectivity index (χ1n) is 7.73. The van der Waals surface area contributed by atoms with Gasteiger partial charge in [0.2, 0.25) is 0 Å². The average Bonchev–Trinajstić information content (AvgIpc) is 2.47. The summed E-state index contributed by atoms with van der Waals surface area (Å²) in [4.78, 5) is 14.7. The Balaban J connectivity index is 1.94. The summed E-state index contributed by atoms with van der Waals surface area (Å²) in [5.41, 5.74) is 2.04. The zero-order valence-corrected chi connectivity index (χ0v) is 12.9. The minimum atomic E-state index is 0.0586. The van der Waals surface area contributed by atoms with Gasteiger partial charge in [-0.15, -0.1) is 0 Å². The van der Waals surface area contributed by atoms with Crippen molar-refractivity contribution in [3.05, 3.63) is 35.4 Å². The number of benzene rings is 1. The van der Waals surface area contributed by atoms with Crippen LogP contribution < -0.4 is 5.32 Å². The Kier molecular flexibility index (Phi) is 5.18. The molecule has 1 heterocycles. The Labute approximate surface area is 122 Å². The Morgan fingerprint density at radius 3 is 2.65 bits per heavy atom. The van der Waals surface area contributed by atoms with E-state index in [0.717, 1.165) is 31.6 Å². The number of amides is 1. The first kappa shape index (κ1) is 15.0. The molecule has 3 nitrogen and oxygen atoms in total. The van der Waals surface area contributed by atoms with E-state index in [1.807, 2.05) is 12.1 Å². The quantitative estimate of drug-likeness (QED) is 0.915. The van der Waals surface area contributed by atoms with E-state index in [1.54, 1.807) is 0 Å². The number of carbonyl (C=O) groups excluding carboxylic acids is 1.